The maximum absolute atomic E-state index is 11.5. The number of hydrogen-bond acceptors (Lipinski definition) is 20. The molecule has 1 fully saturated rings. The number of carboxylic acid groups (broad SMARTS) is 1. The number of pyridine rings is 1. The Balaban J connectivity index is 0. The third-order valence-corrected chi connectivity index (χ3v) is 8.17. The average molecular weight is 857 g/mol. The molecule has 0 radical (unpaired) electrons. The predicted octanol–water partition coefficient (Wildman–Crippen LogP) is 2.39. The van der Waals surface area contributed by atoms with Gasteiger partial charge in [0.1, 0.15) is 5.03 Å². The summed E-state index contributed by atoms with van der Waals surface area (Å²) in [5.41, 5.74) is 0. The van der Waals surface area contributed by atoms with Gasteiger partial charge in [0.15, 0.2) is 26.9 Å². The van der Waals surface area contributed by atoms with Crippen LogP contribution in [0.15, 0.2) is 29.4 Å². The summed E-state index contributed by atoms with van der Waals surface area (Å²) in [4.78, 5) is 81.1. The lowest BCUT2D eigenvalue weighted by molar-refractivity contribution is -0.157. The van der Waals surface area contributed by atoms with E-state index < -0.39 is 37.3 Å². The van der Waals surface area contributed by atoms with E-state index in [0.717, 1.165) is 15.7 Å². The molecule has 2 amide bonds. The van der Waals surface area contributed by atoms with Crippen LogP contribution in [0, 0.1) is 0 Å². The first kappa shape index (κ1) is 55.2. The molecule has 2 N–H and O–H groups in total. The van der Waals surface area contributed by atoms with Crippen LogP contribution in [0.2, 0.25) is 0 Å². The van der Waals surface area contributed by atoms with Crippen molar-refractivity contribution >= 4 is 63.2 Å². The van der Waals surface area contributed by atoms with Crippen LogP contribution in [-0.2, 0) is 76.2 Å². The molecule has 1 aliphatic rings. The van der Waals surface area contributed by atoms with Gasteiger partial charge in [-0.25, -0.2) is 14.7 Å². The lowest BCUT2D eigenvalue weighted by atomic mass is 10.4. The molecule has 20 nitrogen and oxygen atoms in total. The first-order chi connectivity index (χ1) is 27.4. The molecule has 22 heteroatoms. The third kappa shape index (κ3) is 37.4. The molecule has 1 aliphatic heterocycles. The van der Waals surface area contributed by atoms with Crippen molar-refractivity contribution in [2.24, 2.45) is 0 Å². The molecule has 0 saturated carbocycles. The smallest absolute Gasteiger partial charge is 0.341 e. The summed E-state index contributed by atoms with van der Waals surface area (Å²) in [7, 11) is 4.66. The Hall–Kier alpha value is -3.90. The number of carbonyl (C=O) groups excluding carboxylic acids is 6. The highest BCUT2D eigenvalue weighted by atomic mass is 33.1. The Labute approximate surface area is 340 Å². The number of ether oxygens (including phenoxy) is 9. The van der Waals surface area contributed by atoms with Crippen molar-refractivity contribution in [2.75, 3.05) is 92.6 Å². The highest BCUT2D eigenvalue weighted by Gasteiger charge is 2.29. The second-order valence-electron chi connectivity index (χ2n) is 10.3. The van der Waals surface area contributed by atoms with E-state index in [1.807, 2.05) is 39.0 Å². The number of nitrogens with zero attached hydrogens (tertiary/aromatic N) is 2. The largest absolute Gasteiger partial charge is 0.479 e. The van der Waals surface area contributed by atoms with Gasteiger partial charge in [0.2, 0.25) is 11.8 Å². The zero-order valence-corrected chi connectivity index (χ0v) is 34.5. The molecular weight excluding hydrogens is 801 g/mol. The molecule has 57 heavy (non-hydrogen) atoms. The van der Waals surface area contributed by atoms with E-state index in [4.69, 9.17) is 33.9 Å². The summed E-state index contributed by atoms with van der Waals surface area (Å²) >= 11 is 0. The molecule has 0 bridgehead atoms. The molecular formula is C35H56N2O18S2. The maximum atomic E-state index is 11.5. The third-order valence-electron chi connectivity index (χ3n) is 5.94. The van der Waals surface area contributed by atoms with E-state index in [1.165, 1.54) is 7.11 Å². The summed E-state index contributed by atoms with van der Waals surface area (Å²) in [5, 5.41) is 17.2. The Morgan fingerprint density at radius 3 is 1.70 bits per heavy atom. The van der Waals surface area contributed by atoms with Crippen molar-refractivity contribution < 1.29 is 86.4 Å². The van der Waals surface area contributed by atoms with Crippen LogP contribution < -0.4 is 0 Å². The van der Waals surface area contributed by atoms with E-state index >= 15 is 0 Å². The van der Waals surface area contributed by atoms with Gasteiger partial charge in [-0.2, -0.15) is 0 Å². The van der Waals surface area contributed by atoms with Gasteiger partial charge < -0.3 is 52.8 Å². The average Bonchev–Trinajstić information content (AvgIpc) is 3.52. The van der Waals surface area contributed by atoms with Crippen LogP contribution in [0.3, 0.4) is 0 Å². The fourth-order valence-corrected chi connectivity index (χ4v) is 5.02. The van der Waals surface area contributed by atoms with Gasteiger partial charge in [-0.1, -0.05) is 16.9 Å². The van der Waals surface area contributed by atoms with Gasteiger partial charge in [-0.3, -0.25) is 28.8 Å². The number of aliphatic hydroxyl groups excluding tert-OH is 1. The van der Waals surface area contributed by atoms with Gasteiger partial charge in [0, 0.05) is 51.7 Å². The number of aliphatic hydroxyl groups is 1. The number of carboxylic acids is 1. The highest BCUT2D eigenvalue weighted by molar-refractivity contribution is 8.76. The number of rotatable bonds is 27. The molecule has 1 aromatic heterocycles. The van der Waals surface area contributed by atoms with Crippen LogP contribution in [0.1, 0.15) is 59.3 Å². The molecule has 0 unspecified atom stereocenters. The van der Waals surface area contributed by atoms with Gasteiger partial charge in [0.25, 0.3) is 0 Å². The maximum Gasteiger partial charge on any atom is 0.341 e. The minimum atomic E-state index is -1.15. The molecule has 326 valence electrons. The van der Waals surface area contributed by atoms with E-state index in [2.05, 4.69) is 23.9 Å². The zero-order valence-electron chi connectivity index (χ0n) is 32.9. The number of methoxy groups -OCH3 is 1. The van der Waals surface area contributed by atoms with Crippen molar-refractivity contribution in [2.45, 2.75) is 64.3 Å². The number of amides is 2. The number of imide groups is 1. The van der Waals surface area contributed by atoms with Gasteiger partial charge in [-0.15, -0.1) is 0 Å². The molecule has 0 spiro atoms. The van der Waals surface area contributed by atoms with Crippen molar-refractivity contribution in [1.82, 2.24) is 9.88 Å². The quantitative estimate of drug-likeness (QED) is 0.0321. The van der Waals surface area contributed by atoms with Crippen LogP contribution in [0.25, 0.3) is 0 Å². The summed E-state index contributed by atoms with van der Waals surface area (Å²) in [6.45, 7) is 7.67. The van der Waals surface area contributed by atoms with E-state index in [9.17, 15) is 33.6 Å². The number of carbonyl (C=O) groups is 7. The zero-order chi connectivity index (χ0) is 42.9. The SMILES string of the molecule is CCOCCC(=O)OCC(=O)O.CCOCCC(=O)OCO.CCOCCC(=O)OCOC.O=C(CCOCCSSc1ccccn1)OCN1C(=O)CCC1=O. The minimum Gasteiger partial charge on any atom is -0.479 e. The monoisotopic (exact) mass is 856 g/mol. The van der Waals surface area contributed by atoms with Crippen LogP contribution in [0.4, 0.5) is 0 Å². The van der Waals surface area contributed by atoms with E-state index in [1.54, 1.807) is 27.8 Å². The molecule has 1 saturated heterocycles. The standard InChI is InChI=1S/C15H18N2O5S2.C7H12O5.C7H14O4.C6H12O4/c18-13-4-5-14(19)17(13)11-22-15(20)6-8-21-9-10-23-24-12-3-1-2-7-16-12;1-2-11-4-3-7(10)12-5-6(8)9;1-3-10-5-4-7(8)11-6-9-2;1-2-9-4-3-6(8)10-5-7/h1-3,7H,4-6,8-11H2;2-5H2,1H3,(H,8,9);3-6H2,1-2H3;7H,2-5H2,1H3. The second kappa shape index (κ2) is 40.3. The van der Waals surface area contributed by atoms with Gasteiger partial charge >= 0.3 is 29.8 Å². The Morgan fingerprint density at radius 1 is 0.719 bits per heavy atom. The van der Waals surface area contributed by atoms with Gasteiger partial charge in [0.05, 0.1) is 58.7 Å². The van der Waals surface area contributed by atoms with Crippen LogP contribution in [-0.4, -0.2) is 154 Å². The molecule has 0 atom stereocenters. The van der Waals surface area contributed by atoms with Crippen molar-refractivity contribution in [3.8, 4) is 0 Å². The highest BCUT2D eigenvalue weighted by Crippen LogP contribution is 2.28. The molecule has 0 aliphatic carbocycles. The number of aliphatic carboxylic acids is 1. The first-order valence-electron chi connectivity index (χ1n) is 17.7. The van der Waals surface area contributed by atoms with Crippen LogP contribution >= 0.6 is 21.6 Å². The van der Waals surface area contributed by atoms with Crippen molar-refractivity contribution in [1.29, 1.82) is 0 Å². The Morgan fingerprint density at radius 2 is 1.23 bits per heavy atom. The predicted molar refractivity (Wildman–Crippen MR) is 203 cm³/mol. The van der Waals surface area contributed by atoms with Crippen molar-refractivity contribution in [3.05, 3.63) is 24.4 Å². The van der Waals surface area contributed by atoms with E-state index in [0.29, 0.717) is 39.6 Å². The Bertz CT molecular complexity index is 1230. The topological polar surface area (TPSA) is 259 Å². The minimum absolute atomic E-state index is 0.0188. The number of hydrogen-bond donors (Lipinski definition) is 2. The second-order valence-corrected chi connectivity index (χ2v) is 12.7. The van der Waals surface area contributed by atoms with Crippen molar-refractivity contribution in [3.63, 3.8) is 0 Å². The summed E-state index contributed by atoms with van der Waals surface area (Å²) in [6, 6.07) is 5.73. The Kier molecular flexibility index (Phi) is 39.0. The molecule has 2 rings (SSSR count). The molecule has 1 aromatic rings. The summed E-state index contributed by atoms with van der Waals surface area (Å²) < 4.78 is 42.6. The first-order valence-corrected chi connectivity index (χ1v) is 20.1. The molecule has 0 aromatic carbocycles. The molecule has 2 heterocycles. The lowest BCUT2D eigenvalue weighted by Crippen LogP contribution is -2.32. The van der Waals surface area contributed by atoms with Gasteiger partial charge in [-0.05, 0) is 43.7 Å². The number of likely N-dealkylation sites (tertiary alicyclic amines) is 1. The fraction of sp³-hybridized carbons (Fsp3) is 0.657. The summed E-state index contributed by atoms with van der Waals surface area (Å²) in [6.07, 6.45) is 2.80. The summed E-state index contributed by atoms with van der Waals surface area (Å²) in [5.74, 6) is -2.74. The van der Waals surface area contributed by atoms with Crippen LogP contribution in [0.5, 0.6) is 0 Å². The van der Waals surface area contributed by atoms with E-state index in [-0.39, 0.29) is 83.0 Å². The number of aromatic nitrogens is 1. The lowest BCUT2D eigenvalue weighted by Gasteiger charge is -2.13. The normalized spacial score (nSPS) is 11.5. The number of esters is 4. The fourth-order valence-electron chi connectivity index (χ4n) is 3.28.